The van der Waals surface area contributed by atoms with Crippen molar-refractivity contribution in [1.29, 1.82) is 0 Å². The van der Waals surface area contributed by atoms with E-state index in [2.05, 4.69) is 48.3 Å². The minimum Gasteiger partial charge on any atom is -0.368 e. The number of carbonyl (C=O) groups is 1. The predicted molar refractivity (Wildman–Crippen MR) is 99.2 cm³/mol. The predicted octanol–water partition coefficient (Wildman–Crippen LogP) is 3.92. The maximum Gasteiger partial charge on any atom is 0.321 e. The first kappa shape index (κ1) is 16.9. The van der Waals surface area contributed by atoms with Gasteiger partial charge in [-0.15, -0.1) is 0 Å². The van der Waals surface area contributed by atoms with Crippen LogP contribution in [0, 0.1) is 12.8 Å². The molecule has 4 nitrogen and oxygen atoms in total. The Morgan fingerprint density at radius 3 is 2.54 bits per heavy atom. The zero-order valence-corrected chi connectivity index (χ0v) is 14.9. The molecule has 1 aliphatic heterocycles. The van der Waals surface area contributed by atoms with E-state index in [1.165, 1.54) is 42.5 Å². The number of nitrogens with zero attached hydrogens (tertiary/aromatic N) is 2. The number of benzene rings is 1. The van der Waals surface area contributed by atoms with Gasteiger partial charge in [0.2, 0.25) is 0 Å². The standard InChI is InChI=1S/C20H29N3O/c1-16-6-5-9-19(14-16)22-10-12-23(13-11-22)20(24)21-15-17(2)18-7-3-4-8-18/h5-6,9,14-15,18H,3-4,7-8,10-13H2,1-2H3,(H,21,24)/b17-15+. The van der Waals surface area contributed by atoms with Crippen LogP contribution in [0.2, 0.25) is 0 Å². The monoisotopic (exact) mass is 327 g/mol. The molecule has 0 unspecified atom stereocenters. The van der Waals surface area contributed by atoms with Crippen molar-refractivity contribution in [2.24, 2.45) is 5.92 Å². The molecule has 1 saturated carbocycles. The van der Waals surface area contributed by atoms with E-state index < -0.39 is 0 Å². The lowest BCUT2D eigenvalue weighted by Crippen LogP contribution is -2.51. The molecule has 1 aromatic rings. The third kappa shape index (κ3) is 4.11. The van der Waals surface area contributed by atoms with Gasteiger partial charge >= 0.3 is 6.03 Å². The lowest BCUT2D eigenvalue weighted by molar-refractivity contribution is 0.198. The number of carbonyl (C=O) groups excluding carboxylic acids is 1. The van der Waals surface area contributed by atoms with Crippen molar-refractivity contribution < 1.29 is 4.79 Å². The second kappa shape index (κ2) is 7.73. The van der Waals surface area contributed by atoms with Gasteiger partial charge in [0.15, 0.2) is 0 Å². The zero-order chi connectivity index (χ0) is 16.9. The molecule has 24 heavy (non-hydrogen) atoms. The third-order valence-electron chi connectivity index (χ3n) is 5.36. The van der Waals surface area contributed by atoms with Gasteiger partial charge in [0.25, 0.3) is 0 Å². The number of urea groups is 1. The van der Waals surface area contributed by atoms with Crippen molar-refractivity contribution >= 4 is 11.7 Å². The summed E-state index contributed by atoms with van der Waals surface area (Å²) in [5.41, 5.74) is 3.85. The van der Waals surface area contributed by atoms with Gasteiger partial charge in [-0.05, 0) is 50.3 Å². The number of nitrogens with one attached hydrogen (secondary N) is 1. The fraction of sp³-hybridized carbons (Fsp3) is 0.550. The van der Waals surface area contributed by atoms with E-state index in [0.29, 0.717) is 5.92 Å². The van der Waals surface area contributed by atoms with Gasteiger partial charge in [0.1, 0.15) is 0 Å². The van der Waals surface area contributed by atoms with Crippen LogP contribution in [-0.2, 0) is 0 Å². The lowest BCUT2D eigenvalue weighted by atomic mass is 10.0. The molecule has 1 aliphatic carbocycles. The minimum absolute atomic E-state index is 0.0382. The highest BCUT2D eigenvalue weighted by atomic mass is 16.2. The first-order valence-electron chi connectivity index (χ1n) is 9.17. The van der Waals surface area contributed by atoms with Gasteiger partial charge in [0.05, 0.1) is 0 Å². The summed E-state index contributed by atoms with van der Waals surface area (Å²) in [7, 11) is 0. The Morgan fingerprint density at radius 2 is 1.88 bits per heavy atom. The van der Waals surface area contributed by atoms with Gasteiger partial charge in [0, 0.05) is 38.1 Å². The Balaban J connectivity index is 1.49. The maximum absolute atomic E-state index is 12.4. The Bertz CT molecular complexity index is 597. The highest BCUT2D eigenvalue weighted by Gasteiger charge is 2.21. The van der Waals surface area contributed by atoms with E-state index in [-0.39, 0.29) is 6.03 Å². The summed E-state index contributed by atoms with van der Waals surface area (Å²) in [6, 6.07) is 8.61. The van der Waals surface area contributed by atoms with Gasteiger partial charge in [-0.2, -0.15) is 0 Å². The molecule has 130 valence electrons. The molecule has 3 rings (SSSR count). The smallest absolute Gasteiger partial charge is 0.321 e. The summed E-state index contributed by atoms with van der Waals surface area (Å²) in [6.45, 7) is 7.59. The molecule has 0 bridgehead atoms. The number of hydrogen-bond acceptors (Lipinski definition) is 2. The van der Waals surface area contributed by atoms with Crippen LogP contribution >= 0.6 is 0 Å². The molecular formula is C20H29N3O. The third-order valence-corrected chi connectivity index (χ3v) is 5.36. The Hall–Kier alpha value is -1.97. The average Bonchev–Trinajstić information content (AvgIpc) is 3.14. The lowest BCUT2D eigenvalue weighted by Gasteiger charge is -2.36. The van der Waals surface area contributed by atoms with E-state index in [4.69, 9.17) is 0 Å². The van der Waals surface area contributed by atoms with Crippen LogP contribution in [0.1, 0.15) is 38.2 Å². The highest BCUT2D eigenvalue weighted by molar-refractivity contribution is 5.75. The van der Waals surface area contributed by atoms with Crippen molar-refractivity contribution in [2.75, 3.05) is 31.1 Å². The number of aryl methyl sites for hydroxylation is 1. The molecule has 0 atom stereocenters. The first-order valence-corrected chi connectivity index (χ1v) is 9.17. The quantitative estimate of drug-likeness (QED) is 0.913. The van der Waals surface area contributed by atoms with Gasteiger partial charge in [-0.1, -0.05) is 30.5 Å². The van der Waals surface area contributed by atoms with Crippen LogP contribution in [0.4, 0.5) is 10.5 Å². The number of piperazine rings is 1. The van der Waals surface area contributed by atoms with E-state index in [1.54, 1.807) is 0 Å². The molecule has 1 saturated heterocycles. The van der Waals surface area contributed by atoms with E-state index >= 15 is 0 Å². The van der Waals surface area contributed by atoms with Crippen molar-refractivity contribution in [1.82, 2.24) is 10.2 Å². The second-order valence-corrected chi connectivity index (χ2v) is 7.13. The average molecular weight is 327 g/mol. The number of hydrogen-bond donors (Lipinski definition) is 1. The second-order valence-electron chi connectivity index (χ2n) is 7.13. The molecule has 1 heterocycles. The molecule has 1 aromatic carbocycles. The molecule has 2 amide bonds. The van der Waals surface area contributed by atoms with Crippen LogP contribution in [0.3, 0.4) is 0 Å². The number of allylic oxidation sites excluding steroid dienone is 1. The Labute approximate surface area is 145 Å². The van der Waals surface area contributed by atoms with Crippen LogP contribution in [-0.4, -0.2) is 37.1 Å². The van der Waals surface area contributed by atoms with Gasteiger partial charge < -0.3 is 15.1 Å². The summed E-state index contributed by atoms with van der Waals surface area (Å²) in [6.07, 6.45) is 7.13. The van der Waals surface area contributed by atoms with Crippen LogP contribution in [0.25, 0.3) is 0 Å². The number of amides is 2. The normalized spacial score (nSPS) is 19.7. The minimum atomic E-state index is 0.0382. The fourth-order valence-corrected chi connectivity index (χ4v) is 3.76. The van der Waals surface area contributed by atoms with Crippen molar-refractivity contribution in [3.63, 3.8) is 0 Å². The molecule has 0 radical (unpaired) electrons. The van der Waals surface area contributed by atoms with Crippen LogP contribution in [0.5, 0.6) is 0 Å². The summed E-state index contributed by atoms with van der Waals surface area (Å²) in [4.78, 5) is 16.6. The van der Waals surface area contributed by atoms with E-state index in [1.807, 2.05) is 11.1 Å². The van der Waals surface area contributed by atoms with E-state index in [0.717, 1.165) is 26.2 Å². The Morgan fingerprint density at radius 1 is 1.17 bits per heavy atom. The highest BCUT2D eigenvalue weighted by Crippen LogP contribution is 2.30. The van der Waals surface area contributed by atoms with Crippen molar-refractivity contribution in [3.05, 3.63) is 41.6 Å². The SMILES string of the molecule is C/C(=C\NC(=O)N1CCN(c2cccc(C)c2)CC1)C1CCCC1. The number of anilines is 1. The largest absolute Gasteiger partial charge is 0.368 e. The van der Waals surface area contributed by atoms with Crippen LogP contribution in [0.15, 0.2) is 36.0 Å². The molecule has 1 N–H and O–H groups in total. The topological polar surface area (TPSA) is 35.6 Å². The summed E-state index contributed by atoms with van der Waals surface area (Å²) in [5.74, 6) is 0.670. The van der Waals surface area contributed by atoms with Gasteiger partial charge in [-0.25, -0.2) is 4.79 Å². The molecule has 2 fully saturated rings. The van der Waals surface area contributed by atoms with Crippen molar-refractivity contribution in [3.8, 4) is 0 Å². The molecule has 4 heteroatoms. The van der Waals surface area contributed by atoms with E-state index in [9.17, 15) is 4.79 Å². The maximum atomic E-state index is 12.4. The molecule has 2 aliphatic rings. The van der Waals surface area contributed by atoms with Crippen molar-refractivity contribution in [2.45, 2.75) is 39.5 Å². The molecule has 0 spiro atoms. The van der Waals surface area contributed by atoms with Gasteiger partial charge in [-0.3, -0.25) is 0 Å². The zero-order valence-electron chi connectivity index (χ0n) is 14.9. The summed E-state index contributed by atoms with van der Waals surface area (Å²) >= 11 is 0. The fourth-order valence-electron chi connectivity index (χ4n) is 3.76. The molecular weight excluding hydrogens is 298 g/mol. The summed E-state index contributed by atoms with van der Waals surface area (Å²) in [5, 5.41) is 3.00. The Kier molecular flexibility index (Phi) is 5.44. The number of rotatable bonds is 3. The first-order chi connectivity index (χ1) is 11.6. The molecule has 0 aromatic heterocycles. The summed E-state index contributed by atoms with van der Waals surface area (Å²) < 4.78 is 0. The van der Waals surface area contributed by atoms with Crippen LogP contribution < -0.4 is 10.2 Å².